The molecule has 2 saturated heterocycles. The van der Waals surface area contributed by atoms with E-state index in [0.717, 1.165) is 43.8 Å². The van der Waals surface area contributed by atoms with E-state index >= 15 is 0 Å². The summed E-state index contributed by atoms with van der Waals surface area (Å²) >= 11 is 0. The molecule has 2 aromatic rings. The van der Waals surface area contributed by atoms with Gasteiger partial charge >= 0.3 is 0 Å². The number of aromatic nitrogens is 4. The van der Waals surface area contributed by atoms with Crippen molar-refractivity contribution >= 4 is 17.6 Å². The van der Waals surface area contributed by atoms with E-state index in [4.69, 9.17) is 4.98 Å². The highest BCUT2D eigenvalue weighted by Crippen LogP contribution is 2.38. The van der Waals surface area contributed by atoms with Crippen molar-refractivity contribution in [1.29, 1.82) is 0 Å². The van der Waals surface area contributed by atoms with Gasteiger partial charge in [0.25, 0.3) is 0 Å². The average molecular weight is 353 g/mol. The van der Waals surface area contributed by atoms with Crippen LogP contribution < -0.4 is 15.5 Å². The van der Waals surface area contributed by atoms with Crippen LogP contribution in [-0.4, -0.2) is 46.3 Å². The first-order chi connectivity index (χ1) is 12.8. The molecule has 0 amide bonds. The average Bonchev–Trinajstić information content (AvgIpc) is 3.32. The number of anilines is 3. The van der Waals surface area contributed by atoms with Gasteiger partial charge in [0.2, 0.25) is 5.95 Å². The van der Waals surface area contributed by atoms with Crippen molar-refractivity contribution in [2.75, 3.05) is 36.4 Å². The fourth-order valence-electron chi connectivity index (χ4n) is 4.75. The number of nitrogens with zero attached hydrogens (tertiary/aromatic N) is 4. The Morgan fingerprint density at radius 3 is 2.85 bits per heavy atom. The summed E-state index contributed by atoms with van der Waals surface area (Å²) in [6.45, 7) is 4.39. The summed E-state index contributed by atoms with van der Waals surface area (Å²) in [6.07, 6.45) is 9.61. The highest BCUT2D eigenvalue weighted by Gasteiger charge is 2.44. The number of piperidine rings is 1. The topological polar surface area (TPSA) is 81.8 Å². The molecule has 0 unspecified atom stereocenters. The molecule has 2 aliphatic heterocycles. The van der Waals surface area contributed by atoms with Gasteiger partial charge in [0, 0.05) is 48.9 Å². The van der Waals surface area contributed by atoms with Gasteiger partial charge in [-0.3, -0.25) is 5.10 Å². The second-order valence-electron chi connectivity index (χ2n) is 8.19. The highest BCUT2D eigenvalue weighted by atomic mass is 15.3. The third kappa shape index (κ3) is 3.05. The van der Waals surface area contributed by atoms with Crippen LogP contribution in [0.1, 0.15) is 50.1 Å². The number of hydrogen-bond donors (Lipinski definition) is 3. The maximum atomic E-state index is 4.70. The first-order valence-electron chi connectivity index (χ1n) is 9.91. The van der Waals surface area contributed by atoms with E-state index < -0.39 is 0 Å². The van der Waals surface area contributed by atoms with Crippen molar-refractivity contribution in [3.8, 4) is 0 Å². The lowest BCUT2D eigenvalue weighted by atomic mass is 9.74. The lowest BCUT2D eigenvalue weighted by Crippen LogP contribution is -2.62. The largest absolute Gasteiger partial charge is 0.339 e. The molecule has 0 atom stereocenters. The SMILES string of the molecule is c1cc(Nc2cc(C3CCCC3)[nH]n2)nc(N2CC3(CCCNC3)C2)n1. The molecule has 4 heterocycles. The first kappa shape index (κ1) is 16.1. The minimum atomic E-state index is 0.434. The quantitative estimate of drug-likeness (QED) is 0.784. The van der Waals surface area contributed by atoms with Gasteiger partial charge in [-0.1, -0.05) is 12.8 Å². The number of nitrogens with one attached hydrogen (secondary N) is 3. The van der Waals surface area contributed by atoms with Crippen molar-refractivity contribution in [2.45, 2.75) is 44.4 Å². The Bertz CT molecular complexity index is 751. The molecule has 7 nitrogen and oxygen atoms in total. The third-order valence-corrected chi connectivity index (χ3v) is 6.19. The number of aromatic amines is 1. The summed E-state index contributed by atoms with van der Waals surface area (Å²) in [7, 11) is 0. The van der Waals surface area contributed by atoms with Crippen LogP contribution >= 0.6 is 0 Å². The molecular formula is C19H27N7. The predicted molar refractivity (Wildman–Crippen MR) is 102 cm³/mol. The molecule has 2 aromatic heterocycles. The first-order valence-corrected chi connectivity index (χ1v) is 9.91. The summed E-state index contributed by atoms with van der Waals surface area (Å²) in [5.74, 6) is 3.11. The van der Waals surface area contributed by atoms with E-state index in [1.165, 1.54) is 44.2 Å². The second-order valence-corrected chi connectivity index (χ2v) is 8.19. The van der Waals surface area contributed by atoms with Crippen LogP contribution in [0.4, 0.5) is 17.6 Å². The molecule has 3 N–H and O–H groups in total. The van der Waals surface area contributed by atoms with Gasteiger partial charge in [0.1, 0.15) is 5.82 Å². The summed E-state index contributed by atoms with van der Waals surface area (Å²) in [6, 6.07) is 4.04. The van der Waals surface area contributed by atoms with Gasteiger partial charge < -0.3 is 15.5 Å². The van der Waals surface area contributed by atoms with E-state index in [9.17, 15) is 0 Å². The van der Waals surface area contributed by atoms with Gasteiger partial charge in [-0.25, -0.2) is 4.98 Å². The Kier molecular flexibility index (Phi) is 4.04. The van der Waals surface area contributed by atoms with Crippen LogP contribution in [0.25, 0.3) is 0 Å². The maximum Gasteiger partial charge on any atom is 0.227 e. The molecular weight excluding hydrogens is 326 g/mol. The fourth-order valence-corrected chi connectivity index (χ4v) is 4.75. The Hall–Kier alpha value is -2.15. The van der Waals surface area contributed by atoms with Crippen molar-refractivity contribution in [3.05, 3.63) is 24.0 Å². The molecule has 1 spiro atoms. The molecule has 5 rings (SSSR count). The van der Waals surface area contributed by atoms with Crippen LogP contribution in [0.2, 0.25) is 0 Å². The molecule has 7 heteroatoms. The maximum absolute atomic E-state index is 4.70. The number of H-pyrrole nitrogens is 1. The highest BCUT2D eigenvalue weighted by molar-refractivity contribution is 5.54. The molecule has 1 aliphatic carbocycles. The molecule has 138 valence electrons. The zero-order valence-corrected chi connectivity index (χ0v) is 15.2. The van der Waals surface area contributed by atoms with Crippen molar-refractivity contribution in [3.63, 3.8) is 0 Å². The van der Waals surface area contributed by atoms with E-state index in [0.29, 0.717) is 11.3 Å². The second kappa shape index (κ2) is 6.54. The molecule has 3 fully saturated rings. The van der Waals surface area contributed by atoms with Crippen LogP contribution in [0.5, 0.6) is 0 Å². The summed E-state index contributed by atoms with van der Waals surface area (Å²) in [4.78, 5) is 11.5. The minimum Gasteiger partial charge on any atom is -0.339 e. The molecule has 0 aromatic carbocycles. The van der Waals surface area contributed by atoms with Crippen LogP contribution in [-0.2, 0) is 0 Å². The summed E-state index contributed by atoms with van der Waals surface area (Å²) < 4.78 is 0. The molecule has 0 bridgehead atoms. The molecule has 0 radical (unpaired) electrons. The lowest BCUT2D eigenvalue weighted by molar-refractivity contribution is 0.155. The summed E-state index contributed by atoms with van der Waals surface area (Å²) in [5, 5.41) is 14.5. The van der Waals surface area contributed by atoms with E-state index in [1.54, 1.807) is 0 Å². The Morgan fingerprint density at radius 2 is 2.04 bits per heavy atom. The monoisotopic (exact) mass is 353 g/mol. The third-order valence-electron chi connectivity index (χ3n) is 6.19. The predicted octanol–water partition coefficient (Wildman–Crippen LogP) is 2.79. The van der Waals surface area contributed by atoms with E-state index in [-0.39, 0.29) is 0 Å². The zero-order valence-electron chi connectivity index (χ0n) is 15.2. The van der Waals surface area contributed by atoms with E-state index in [2.05, 4.69) is 36.8 Å². The normalized spacial score (nSPS) is 22.5. The van der Waals surface area contributed by atoms with Crippen molar-refractivity contribution < 1.29 is 0 Å². The smallest absolute Gasteiger partial charge is 0.227 e. The zero-order chi connectivity index (χ0) is 17.4. The van der Waals surface area contributed by atoms with Crippen molar-refractivity contribution in [1.82, 2.24) is 25.5 Å². The summed E-state index contributed by atoms with van der Waals surface area (Å²) in [5.41, 5.74) is 1.68. The Morgan fingerprint density at radius 1 is 1.15 bits per heavy atom. The Labute approximate surface area is 154 Å². The van der Waals surface area contributed by atoms with Gasteiger partial charge in [0.15, 0.2) is 5.82 Å². The van der Waals surface area contributed by atoms with E-state index in [1.807, 2.05) is 12.3 Å². The Balaban J connectivity index is 1.24. The number of rotatable bonds is 4. The van der Waals surface area contributed by atoms with Crippen LogP contribution in [0, 0.1) is 5.41 Å². The standard InChI is InChI=1S/C19H27N7/c1-2-5-14(4-1)15-10-17(25-24-15)22-16-6-9-21-18(23-16)26-12-19(13-26)7-3-8-20-11-19/h6,9-10,14,20H,1-5,7-8,11-13H2,(H2,21,22,23,24,25). The van der Waals surface area contributed by atoms with Gasteiger partial charge in [-0.05, 0) is 38.3 Å². The van der Waals surface area contributed by atoms with Crippen LogP contribution in [0.15, 0.2) is 18.3 Å². The lowest BCUT2D eigenvalue weighted by Gasteiger charge is -2.52. The molecule has 26 heavy (non-hydrogen) atoms. The number of hydrogen-bond acceptors (Lipinski definition) is 6. The minimum absolute atomic E-state index is 0.434. The van der Waals surface area contributed by atoms with Crippen LogP contribution in [0.3, 0.4) is 0 Å². The van der Waals surface area contributed by atoms with Gasteiger partial charge in [-0.2, -0.15) is 10.1 Å². The molecule has 3 aliphatic rings. The van der Waals surface area contributed by atoms with Crippen molar-refractivity contribution in [2.24, 2.45) is 5.41 Å². The molecule has 1 saturated carbocycles. The van der Waals surface area contributed by atoms with Gasteiger partial charge in [0.05, 0.1) is 0 Å². The van der Waals surface area contributed by atoms with Gasteiger partial charge in [-0.15, -0.1) is 0 Å². The fraction of sp³-hybridized carbons (Fsp3) is 0.632.